The van der Waals surface area contributed by atoms with E-state index in [0.717, 1.165) is 21.5 Å². The number of benzene rings is 2. The quantitative estimate of drug-likeness (QED) is 0.278. The standard InChI is InChI=1S/C23H19BrN6O3S/c1-13-9-14(2)26-23(25-13)34-11-18-21(28-29-30(18)17-6-3-15(24)4-7-17)22(31)27-16-5-8-19-20(10-16)33-12-32-19/h3-10H,11-12H2,1-2H3,(H,27,31). The fourth-order valence-corrected chi connectivity index (χ4v) is 4.66. The lowest BCUT2D eigenvalue weighted by Gasteiger charge is -2.09. The Hall–Kier alpha value is -3.44. The summed E-state index contributed by atoms with van der Waals surface area (Å²) in [5.41, 5.74) is 3.98. The van der Waals surface area contributed by atoms with Gasteiger partial charge in [0, 0.05) is 33.4 Å². The van der Waals surface area contributed by atoms with Crippen molar-refractivity contribution in [2.45, 2.75) is 24.8 Å². The third-order valence-electron chi connectivity index (χ3n) is 4.98. The molecular weight excluding hydrogens is 520 g/mol. The minimum atomic E-state index is -0.376. The van der Waals surface area contributed by atoms with E-state index in [1.165, 1.54) is 11.8 Å². The van der Waals surface area contributed by atoms with Gasteiger partial charge in [0.25, 0.3) is 5.91 Å². The van der Waals surface area contributed by atoms with Crippen molar-refractivity contribution in [3.8, 4) is 17.2 Å². The van der Waals surface area contributed by atoms with Gasteiger partial charge >= 0.3 is 0 Å². The zero-order valence-electron chi connectivity index (χ0n) is 18.3. The molecule has 0 atom stereocenters. The van der Waals surface area contributed by atoms with Crippen LogP contribution in [0.5, 0.6) is 11.5 Å². The lowest BCUT2D eigenvalue weighted by molar-refractivity contribution is 0.102. The summed E-state index contributed by atoms with van der Waals surface area (Å²) in [6.45, 7) is 4.02. The van der Waals surface area contributed by atoms with E-state index in [0.29, 0.717) is 33.8 Å². The summed E-state index contributed by atoms with van der Waals surface area (Å²) >= 11 is 4.87. The minimum Gasteiger partial charge on any atom is -0.454 e. The number of thioether (sulfide) groups is 1. The summed E-state index contributed by atoms with van der Waals surface area (Å²) < 4.78 is 13.3. The number of amides is 1. The van der Waals surface area contributed by atoms with Crippen LogP contribution in [0, 0.1) is 13.8 Å². The molecule has 1 aliphatic heterocycles. The number of halogens is 1. The maximum Gasteiger partial charge on any atom is 0.278 e. The second-order valence-corrected chi connectivity index (χ2v) is 9.38. The molecule has 34 heavy (non-hydrogen) atoms. The Morgan fingerprint density at radius 3 is 2.56 bits per heavy atom. The molecule has 2 aromatic carbocycles. The number of rotatable bonds is 6. The Balaban J connectivity index is 1.45. The summed E-state index contributed by atoms with van der Waals surface area (Å²) in [5, 5.41) is 12.0. The van der Waals surface area contributed by atoms with Crippen LogP contribution < -0.4 is 14.8 Å². The van der Waals surface area contributed by atoms with Crippen LogP contribution in [-0.4, -0.2) is 37.7 Å². The molecule has 0 aliphatic carbocycles. The molecule has 3 heterocycles. The normalized spacial score (nSPS) is 12.1. The van der Waals surface area contributed by atoms with Gasteiger partial charge in [-0.25, -0.2) is 14.6 Å². The molecule has 4 aromatic rings. The van der Waals surface area contributed by atoms with Gasteiger partial charge in [-0.1, -0.05) is 32.9 Å². The first-order valence-electron chi connectivity index (χ1n) is 10.3. The monoisotopic (exact) mass is 538 g/mol. The van der Waals surface area contributed by atoms with Gasteiger partial charge in [0.05, 0.1) is 11.4 Å². The third-order valence-corrected chi connectivity index (χ3v) is 6.37. The summed E-state index contributed by atoms with van der Waals surface area (Å²) in [4.78, 5) is 22.2. The van der Waals surface area contributed by atoms with E-state index < -0.39 is 0 Å². The molecular formula is C23H19BrN6O3S. The van der Waals surface area contributed by atoms with Gasteiger partial charge in [-0.15, -0.1) is 5.10 Å². The molecule has 0 spiro atoms. The highest BCUT2D eigenvalue weighted by Gasteiger charge is 2.23. The predicted molar refractivity (Wildman–Crippen MR) is 131 cm³/mol. The molecule has 0 unspecified atom stereocenters. The molecule has 172 valence electrons. The van der Waals surface area contributed by atoms with Gasteiger partial charge in [0.1, 0.15) is 0 Å². The number of anilines is 1. The van der Waals surface area contributed by atoms with E-state index in [2.05, 4.69) is 41.5 Å². The highest BCUT2D eigenvalue weighted by molar-refractivity contribution is 9.10. The Morgan fingerprint density at radius 2 is 1.79 bits per heavy atom. The van der Waals surface area contributed by atoms with E-state index >= 15 is 0 Å². The number of nitrogens with zero attached hydrogens (tertiary/aromatic N) is 5. The van der Waals surface area contributed by atoms with Crippen molar-refractivity contribution in [3.63, 3.8) is 0 Å². The molecule has 1 N–H and O–H groups in total. The smallest absolute Gasteiger partial charge is 0.278 e. The van der Waals surface area contributed by atoms with E-state index in [9.17, 15) is 4.79 Å². The highest BCUT2D eigenvalue weighted by Crippen LogP contribution is 2.34. The number of fused-ring (bicyclic) bond motifs is 1. The zero-order valence-corrected chi connectivity index (χ0v) is 20.7. The number of hydrogen-bond acceptors (Lipinski definition) is 8. The van der Waals surface area contributed by atoms with Crippen LogP contribution in [0.15, 0.2) is 58.2 Å². The van der Waals surface area contributed by atoms with Crippen molar-refractivity contribution in [2.24, 2.45) is 0 Å². The van der Waals surface area contributed by atoms with Crippen LogP contribution in [-0.2, 0) is 5.75 Å². The van der Waals surface area contributed by atoms with Crippen LogP contribution in [0.1, 0.15) is 27.6 Å². The van der Waals surface area contributed by atoms with Gasteiger partial charge in [-0.05, 0) is 56.3 Å². The molecule has 0 radical (unpaired) electrons. The first-order valence-corrected chi connectivity index (χ1v) is 12.1. The van der Waals surface area contributed by atoms with E-state index in [-0.39, 0.29) is 18.4 Å². The van der Waals surface area contributed by atoms with Crippen LogP contribution >= 0.6 is 27.7 Å². The van der Waals surface area contributed by atoms with Gasteiger partial charge in [0.15, 0.2) is 22.3 Å². The first-order chi connectivity index (χ1) is 16.5. The van der Waals surface area contributed by atoms with E-state index in [4.69, 9.17) is 9.47 Å². The lowest BCUT2D eigenvalue weighted by Crippen LogP contribution is -2.15. The molecule has 2 aromatic heterocycles. The molecule has 0 bridgehead atoms. The van der Waals surface area contributed by atoms with Crippen molar-refractivity contribution in [1.82, 2.24) is 25.0 Å². The number of aryl methyl sites for hydroxylation is 2. The molecule has 0 saturated carbocycles. The summed E-state index contributed by atoms with van der Waals surface area (Å²) in [6.07, 6.45) is 0. The number of ether oxygens (including phenoxy) is 2. The Bertz CT molecular complexity index is 1360. The van der Waals surface area contributed by atoms with E-state index in [1.807, 2.05) is 44.2 Å². The predicted octanol–water partition coefficient (Wildman–Crippen LogP) is 4.71. The molecule has 0 saturated heterocycles. The lowest BCUT2D eigenvalue weighted by atomic mass is 10.2. The second-order valence-electron chi connectivity index (χ2n) is 7.52. The molecule has 5 rings (SSSR count). The van der Waals surface area contributed by atoms with Crippen LogP contribution in [0.4, 0.5) is 5.69 Å². The number of carbonyl (C=O) groups is 1. The van der Waals surface area contributed by atoms with Gasteiger partial charge in [0.2, 0.25) is 6.79 Å². The highest BCUT2D eigenvalue weighted by atomic mass is 79.9. The fourth-order valence-electron chi connectivity index (χ4n) is 3.45. The molecule has 1 aliphatic rings. The van der Waals surface area contributed by atoms with Crippen LogP contribution in [0.2, 0.25) is 0 Å². The molecule has 9 nitrogen and oxygen atoms in total. The van der Waals surface area contributed by atoms with Crippen molar-refractivity contribution in [3.05, 3.63) is 75.8 Å². The third kappa shape index (κ3) is 4.75. The second kappa shape index (κ2) is 9.43. The Kier molecular flexibility index (Phi) is 6.20. The van der Waals surface area contributed by atoms with E-state index in [1.54, 1.807) is 22.9 Å². The minimum absolute atomic E-state index is 0.163. The van der Waals surface area contributed by atoms with Crippen molar-refractivity contribution in [1.29, 1.82) is 0 Å². The Labute approximate surface area is 208 Å². The Morgan fingerprint density at radius 1 is 1.06 bits per heavy atom. The number of aromatic nitrogens is 5. The van der Waals surface area contributed by atoms with Gasteiger partial charge < -0.3 is 14.8 Å². The van der Waals surface area contributed by atoms with Gasteiger partial charge in [-0.2, -0.15) is 0 Å². The van der Waals surface area contributed by atoms with Gasteiger partial charge in [-0.3, -0.25) is 4.79 Å². The first kappa shape index (κ1) is 22.4. The van der Waals surface area contributed by atoms with Crippen LogP contribution in [0.3, 0.4) is 0 Å². The fraction of sp³-hybridized carbons (Fsp3) is 0.174. The topological polar surface area (TPSA) is 104 Å². The maximum atomic E-state index is 13.2. The average molecular weight is 539 g/mol. The zero-order chi connectivity index (χ0) is 23.7. The largest absolute Gasteiger partial charge is 0.454 e. The summed E-state index contributed by atoms with van der Waals surface area (Å²) in [7, 11) is 0. The number of carbonyl (C=O) groups excluding carboxylic acids is 1. The average Bonchev–Trinajstić information content (AvgIpc) is 3.44. The molecule has 0 fully saturated rings. The maximum absolute atomic E-state index is 13.2. The molecule has 11 heteroatoms. The molecule has 1 amide bonds. The number of hydrogen-bond donors (Lipinski definition) is 1. The van der Waals surface area contributed by atoms with Crippen molar-refractivity contribution >= 4 is 39.3 Å². The summed E-state index contributed by atoms with van der Waals surface area (Å²) in [6, 6.07) is 14.8. The van der Waals surface area contributed by atoms with Crippen LogP contribution in [0.25, 0.3) is 5.69 Å². The SMILES string of the molecule is Cc1cc(C)nc(SCc2c(C(=O)Nc3ccc4c(c3)OCO4)nnn2-c2ccc(Br)cc2)n1. The summed E-state index contributed by atoms with van der Waals surface area (Å²) in [5.74, 6) is 1.25. The number of nitrogens with one attached hydrogen (secondary N) is 1. The van der Waals surface area contributed by atoms with Crippen molar-refractivity contribution in [2.75, 3.05) is 12.1 Å². The van der Waals surface area contributed by atoms with Crippen molar-refractivity contribution < 1.29 is 14.3 Å².